The quantitative estimate of drug-likeness (QED) is 0.685. The number of rotatable bonds is 3. The maximum absolute atomic E-state index is 5.78. The van der Waals surface area contributed by atoms with E-state index in [0.717, 1.165) is 0 Å². The van der Waals surface area contributed by atoms with Crippen LogP contribution in [0.2, 0.25) is 0 Å². The van der Waals surface area contributed by atoms with E-state index in [-0.39, 0.29) is 11.1 Å². The first-order valence-electron chi connectivity index (χ1n) is 4.41. The topological polar surface area (TPSA) is 56.5 Å². The first-order chi connectivity index (χ1) is 5.79. The van der Waals surface area contributed by atoms with Crippen LogP contribution in [0, 0.1) is 0 Å². The fourth-order valence-electron chi connectivity index (χ4n) is 0.826. The summed E-state index contributed by atoms with van der Waals surface area (Å²) in [5.41, 5.74) is 5.52. The molecule has 1 fully saturated rings. The van der Waals surface area contributed by atoms with Gasteiger partial charge in [-0.2, -0.15) is 0 Å². The molecule has 0 amide bonds. The number of nitrogens with one attached hydrogen (secondary N) is 1. The average molecular weight is 206 g/mol. The molecule has 78 valence electrons. The highest BCUT2D eigenvalue weighted by Gasteiger charge is 2.33. The highest BCUT2D eigenvalue weighted by atomic mass is 31.2. The number of nitrogens with two attached hydrogens (primary N) is 1. The van der Waals surface area contributed by atoms with Crippen LogP contribution in [0.15, 0.2) is 0 Å². The van der Waals surface area contributed by atoms with Gasteiger partial charge in [0.05, 0.1) is 13.2 Å². The molecule has 1 saturated heterocycles. The van der Waals surface area contributed by atoms with E-state index >= 15 is 0 Å². The highest BCUT2D eigenvalue weighted by Crippen LogP contribution is 2.42. The maximum atomic E-state index is 5.78. The van der Waals surface area contributed by atoms with Gasteiger partial charge in [0, 0.05) is 11.1 Å². The predicted molar refractivity (Wildman–Crippen MR) is 54.3 cm³/mol. The first-order valence-corrected chi connectivity index (χ1v) is 5.59. The Kier molecular flexibility index (Phi) is 3.31. The van der Waals surface area contributed by atoms with E-state index < -0.39 is 8.53 Å². The third kappa shape index (κ3) is 4.34. The molecular formula is C8H19N2O2P. The molecule has 4 nitrogen and oxygen atoms in total. The molecule has 1 unspecified atom stereocenters. The Bertz CT molecular complexity index is 179. The zero-order valence-electron chi connectivity index (χ0n) is 8.76. The van der Waals surface area contributed by atoms with Crippen molar-refractivity contribution in [1.29, 1.82) is 0 Å². The fourth-order valence-corrected chi connectivity index (χ4v) is 2.48. The van der Waals surface area contributed by atoms with Gasteiger partial charge in [0.2, 0.25) is 0 Å². The van der Waals surface area contributed by atoms with E-state index in [1.165, 1.54) is 0 Å². The molecule has 1 aliphatic heterocycles. The van der Waals surface area contributed by atoms with Crippen LogP contribution in [0.1, 0.15) is 27.7 Å². The van der Waals surface area contributed by atoms with Gasteiger partial charge >= 0.3 is 0 Å². The predicted octanol–water partition coefficient (Wildman–Crippen LogP) is 1.37. The minimum atomic E-state index is -0.927. The molecule has 0 bridgehead atoms. The van der Waals surface area contributed by atoms with Crippen LogP contribution in [-0.4, -0.2) is 24.3 Å². The fraction of sp³-hybridized carbons (Fsp3) is 1.00. The van der Waals surface area contributed by atoms with Crippen molar-refractivity contribution in [3.05, 3.63) is 0 Å². The summed E-state index contributed by atoms with van der Waals surface area (Å²) >= 11 is 0. The Morgan fingerprint density at radius 3 is 2.62 bits per heavy atom. The van der Waals surface area contributed by atoms with Crippen LogP contribution in [-0.2, 0) is 9.05 Å². The Labute approximate surface area is 81.1 Å². The van der Waals surface area contributed by atoms with Crippen molar-refractivity contribution in [1.82, 2.24) is 5.09 Å². The minimum absolute atomic E-state index is 0.0322. The molecule has 0 aromatic carbocycles. The van der Waals surface area contributed by atoms with Gasteiger partial charge in [-0.1, -0.05) is 0 Å². The summed E-state index contributed by atoms with van der Waals surface area (Å²) in [6.45, 7) is 9.26. The summed E-state index contributed by atoms with van der Waals surface area (Å²) in [4.78, 5) is 0. The summed E-state index contributed by atoms with van der Waals surface area (Å²) in [5.74, 6) is 0. The summed E-state index contributed by atoms with van der Waals surface area (Å²) in [7, 11) is -0.927. The maximum Gasteiger partial charge on any atom is 0.256 e. The summed E-state index contributed by atoms with van der Waals surface area (Å²) < 4.78 is 10.9. The molecule has 1 heterocycles. The molecule has 0 radical (unpaired) electrons. The van der Waals surface area contributed by atoms with Crippen molar-refractivity contribution < 1.29 is 9.05 Å². The monoisotopic (exact) mass is 206 g/mol. The van der Waals surface area contributed by atoms with Gasteiger partial charge in [0.15, 0.2) is 0 Å². The molecule has 3 N–H and O–H groups in total. The van der Waals surface area contributed by atoms with E-state index in [4.69, 9.17) is 14.8 Å². The lowest BCUT2D eigenvalue weighted by Gasteiger charge is -2.21. The Balaban J connectivity index is 2.25. The number of hydrogen-bond donors (Lipinski definition) is 2. The first kappa shape index (κ1) is 11.3. The van der Waals surface area contributed by atoms with Crippen molar-refractivity contribution in [2.75, 3.05) is 13.2 Å². The van der Waals surface area contributed by atoms with E-state index in [1.54, 1.807) is 0 Å². The lowest BCUT2D eigenvalue weighted by atomic mass is 10.1. The molecular weight excluding hydrogens is 187 g/mol. The van der Waals surface area contributed by atoms with Crippen LogP contribution < -0.4 is 10.8 Å². The second-order valence-corrected chi connectivity index (χ2v) is 6.04. The van der Waals surface area contributed by atoms with Gasteiger partial charge in [-0.15, -0.1) is 0 Å². The SMILES string of the molecule is CC(C)(N)COP1NC(C)(C)CO1. The van der Waals surface area contributed by atoms with E-state index in [1.807, 2.05) is 13.8 Å². The molecule has 0 aromatic rings. The molecule has 1 aliphatic rings. The van der Waals surface area contributed by atoms with Crippen LogP contribution in [0.25, 0.3) is 0 Å². The minimum Gasteiger partial charge on any atom is -0.324 e. The molecule has 0 saturated carbocycles. The van der Waals surface area contributed by atoms with Crippen LogP contribution in [0.3, 0.4) is 0 Å². The summed E-state index contributed by atoms with van der Waals surface area (Å²) in [6.07, 6.45) is 0. The van der Waals surface area contributed by atoms with Gasteiger partial charge in [-0.3, -0.25) is 0 Å². The van der Waals surface area contributed by atoms with Crippen molar-refractivity contribution in [3.8, 4) is 0 Å². The van der Waals surface area contributed by atoms with Crippen molar-refractivity contribution >= 4 is 8.53 Å². The zero-order valence-corrected chi connectivity index (χ0v) is 9.65. The zero-order chi connectivity index (χ0) is 10.1. The Morgan fingerprint density at radius 1 is 1.62 bits per heavy atom. The van der Waals surface area contributed by atoms with Crippen molar-refractivity contribution in [2.24, 2.45) is 5.73 Å². The largest absolute Gasteiger partial charge is 0.324 e. The second-order valence-electron chi connectivity index (χ2n) is 4.79. The lowest BCUT2D eigenvalue weighted by molar-refractivity contribution is 0.220. The van der Waals surface area contributed by atoms with Crippen LogP contribution in [0.5, 0.6) is 0 Å². The molecule has 5 heteroatoms. The van der Waals surface area contributed by atoms with Gasteiger partial charge in [-0.05, 0) is 27.7 Å². The third-order valence-corrected chi connectivity index (χ3v) is 3.01. The second kappa shape index (κ2) is 3.79. The van der Waals surface area contributed by atoms with E-state index in [9.17, 15) is 0 Å². The van der Waals surface area contributed by atoms with Crippen molar-refractivity contribution in [3.63, 3.8) is 0 Å². The van der Waals surface area contributed by atoms with Crippen LogP contribution in [0.4, 0.5) is 0 Å². The Hall–Kier alpha value is 0.270. The Morgan fingerprint density at radius 2 is 2.23 bits per heavy atom. The van der Waals surface area contributed by atoms with Crippen LogP contribution >= 0.6 is 8.53 Å². The van der Waals surface area contributed by atoms with E-state index in [0.29, 0.717) is 13.2 Å². The van der Waals surface area contributed by atoms with Gasteiger partial charge in [0.1, 0.15) is 0 Å². The molecule has 0 spiro atoms. The molecule has 1 rings (SSSR count). The summed E-state index contributed by atoms with van der Waals surface area (Å²) in [5, 5.41) is 3.27. The third-order valence-electron chi connectivity index (χ3n) is 1.49. The smallest absolute Gasteiger partial charge is 0.256 e. The molecule has 0 aliphatic carbocycles. The van der Waals surface area contributed by atoms with E-state index in [2.05, 4.69) is 18.9 Å². The van der Waals surface area contributed by atoms with Crippen molar-refractivity contribution in [2.45, 2.75) is 38.8 Å². The molecule has 13 heavy (non-hydrogen) atoms. The van der Waals surface area contributed by atoms with Gasteiger partial charge in [0.25, 0.3) is 8.53 Å². The lowest BCUT2D eigenvalue weighted by Crippen LogP contribution is -2.37. The molecule has 0 aromatic heterocycles. The van der Waals surface area contributed by atoms with Gasteiger partial charge < -0.3 is 14.8 Å². The van der Waals surface area contributed by atoms with Gasteiger partial charge in [-0.25, -0.2) is 5.09 Å². The standard InChI is InChI=1S/C8H19N2O2P/c1-7(2,9)5-11-13-10-8(3,4)6-12-13/h10H,5-6,9H2,1-4H3. The number of hydrogen-bond acceptors (Lipinski definition) is 4. The highest BCUT2D eigenvalue weighted by molar-refractivity contribution is 7.45. The summed E-state index contributed by atoms with van der Waals surface area (Å²) in [6, 6.07) is 0. The average Bonchev–Trinajstić information content (AvgIpc) is 2.24. The normalized spacial score (nSPS) is 27.9. The molecule has 1 atom stereocenters.